The monoisotopic (exact) mass is 883 g/mol. The maximum Gasteiger partial charge on any atom is 0.350 e. The number of fused-ring (bicyclic) bond motifs is 5. The van der Waals surface area contributed by atoms with E-state index >= 15 is 0 Å². The molecule has 2 aliphatic carbocycles. The van der Waals surface area contributed by atoms with Crippen LogP contribution in [0.1, 0.15) is 88.2 Å². The Bertz CT molecular complexity index is 2190. The van der Waals surface area contributed by atoms with Gasteiger partial charge in [-0.25, -0.2) is 14.4 Å². The van der Waals surface area contributed by atoms with Gasteiger partial charge in [0.15, 0.2) is 24.4 Å². The zero-order chi connectivity index (χ0) is 46.4. The number of aliphatic hydroxyl groups is 2. The van der Waals surface area contributed by atoms with Crippen molar-refractivity contribution in [3.8, 4) is 0 Å². The van der Waals surface area contributed by atoms with Gasteiger partial charge in [-0.1, -0.05) is 18.2 Å². The third kappa shape index (κ3) is 7.88. The second-order valence-electron chi connectivity index (χ2n) is 16.7. The van der Waals surface area contributed by atoms with E-state index in [4.69, 9.17) is 42.6 Å². The van der Waals surface area contributed by atoms with Gasteiger partial charge in [-0.2, -0.15) is 0 Å². The summed E-state index contributed by atoms with van der Waals surface area (Å²) in [4.78, 5) is 113. The standard InChI is InChI=1S/C43H49NO19/c1-21(45)55-20-42-34(59-24(4)48)30(57-22(2)46)29-32(50)43(42)41(8,54)33(31(58-23(3)47)35(42)60-25(5)49)61-38(53)39(6,62-36(51)26-13-10-9-11-14-26)17-16-28-27(15-12-18-44-28)37(52)56-19-40(29,7)63-43/h9-15,18,29-35,50,54H,16-17,19-20H2,1-8H3/t29-,30?,31-,32+,33+,34+,35-,39?,40-,41-,42-,43-/m0/s1. The van der Waals surface area contributed by atoms with E-state index in [-0.39, 0.29) is 23.2 Å². The van der Waals surface area contributed by atoms with Crippen molar-refractivity contribution in [2.45, 2.75) is 127 Å². The zero-order valence-corrected chi connectivity index (χ0v) is 35.8. The second-order valence-corrected chi connectivity index (χ2v) is 16.7. The Morgan fingerprint density at radius 3 is 1.97 bits per heavy atom. The molecule has 2 saturated carbocycles. The van der Waals surface area contributed by atoms with Crippen molar-refractivity contribution in [3.63, 3.8) is 0 Å². The first-order valence-corrected chi connectivity index (χ1v) is 20.0. The summed E-state index contributed by atoms with van der Waals surface area (Å²) in [5.41, 5.74) is -13.0. The van der Waals surface area contributed by atoms with Crippen LogP contribution in [-0.2, 0) is 77.8 Å². The van der Waals surface area contributed by atoms with E-state index in [0.29, 0.717) is 0 Å². The molecule has 3 heterocycles. The maximum absolute atomic E-state index is 15.0. The first-order chi connectivity index (χ1) is 29.5. The largest absolute Gasteiger partial charge is 0.465 e. The number of hydrogen-bond donors (Lipinski definition) is 2. The molecule has 2 aromatic rings. The van der Waals surface area contributed by atoms with E-state index in [9.17, 15) is 48.6 Å². The number of benzene rings is 1. The number of rotatable bonds is 8. The summed E-state index contributed by atoms with van der Waals surface area (Å²) in [7, 11) is 0. The van der Waals surface area contributed by atoms with Crippen LogP contribution < -0.4 is 0 Å². The number of nitrogens with zero attached hydrogens (tertiary/aromatic N) is 1. The normalized spacial score (nSPS) is 35.8. The van der Waals surface area contributed by atoms with Gasteiger partial charge in [0.2, 0.25) is 5.60 Å². The molecule has 2 N–H and O–H groups in total. The second kappa shape index (κ2) is 16.9. The summed E-state index contributed by atoms with van der Waals surface area (Å²) in [6.07, 6.45) is -12.1. The van der Waals surface area contributed by atoms with Crippen LogP contribution >= 0.6 is 0 Å². The number of aryl methyl sites for hydroxylation is 1. The van der Waals surface area contributed by atoms with Gasteiger partial charge in [0.1, 0.15) is 41.5 Å². The molecule has 2 unspecified atom stereocenters. The number of carbonyl (C=O) groups excluding carboxylic acids is 8. The maximum atomic E-state index is 15.0. The molecule has 0 amide bonds. The molecule has 2 aliphatic heterocycles. The highest BCUT2D eigenvalue weighted by Gasteiger charge is 2.91. The summed E-state index contributed by atoms with van der Waals surface area (Å²) < 4.78 is 53.9. The molecular formula is C43H49NO19. The highest BCUT2D eigenvalue weighted by atomic mass is 16.7. The van der Waals surface area contributed by atoms with Crippen molar-refractivity contribution >= 4 is 47.8 Å². The Kier molecular flexibility index (Phi) is 12.5. The predicted molar refractivity (Wildman–Crippen MR) is 207 cm³/mol. The van der Waals surface area contributed by atoms with E-state index in [1.807, 2.05) is 0 Å². The molecule has 1 aromatic carbocycles. The molecule has 1 saturated heterocycles. The van der Waals surface area contributed by atoms with Gasteiger partial charge in [0.05, 0.1) is 28.8 Å². The lowest BCUT2D eigenvalue weighted by atomic mass is 9.45. The van der Waals surface area contributed by atoms with Crippen molar-refractivity contribution in [2.24, 2.45) is 11.3 Å². The number of carbonyl (C=O) groups is 8. The fourth-order valence-electron chi connectivity index (χ4n) is 9.79. The van der Waals surface area contributed by atoms with Crippen LogP contribution in [0, 0.1) is 11.3 Å². The minimum atomic E-state index is -2.96. The smallest absolute Gasteiger partial charge is 0.350 e. The number of aliphatic hydroxyl groups excluding tert-OH is 1. The predicted octanol–water partition coefficient (Wildman–Crippen LogP) is 1.27. The number of aromatic nitrogens is 1. The van der Waals surface area contributed by atoms with Crippen LogP contribution in [0.15, 0.2) is 48.7 Å². The van der Waals surface area contributed by atoms with Gasteiger partial charge in [-0.15, -0.1) is 0 Å². The number of ether oxygens (including phenoxy) is 9. The Morgan fingerprint density at radius 1 is 0.794 bits per heavy atom. The first-order valence-electron chi connectivity index (χ1n) is 20.0. The molecule has 3 fully saturated rings. The van der Waals surface area contributed by atoms with Crippen molar-refractivity contribution in [1.82, 2.24) is 4.98 Å². The molecule has 6 rings (SSSR count). The summed E-state index contributed by atoms with van der Waals surface area (Å²) in [5, 5.41) is 26.4. The summed E-state index contributed by atoms with van der Waals surface area (Å²) in [5.74, 6) is -10.3. The number of cyclic esters (lactones) is 1. The SMILES string of the molecule is CC(=O)OC[C@@]12[C@H](OC(C)=O)C(OC(C)=O)[C@H]3[C@@H](O)[C@@]14O[C@@]3(C)COC(=O)c1cccnc1CCC(C)(OC(=O)c1ccccc1)C(=O)O[C@H]([C@H](OC(C)=O)[C@@H]2OC(C)=O)[C@]4(C)O. The van der Waals surface area contributed by atoms with E-state index in [1.165, 1.54) is 44.3 Å². The van der Waals surface area contributed by atoms with Crippen LogP contribution in [0.25, 0.3) is 0 Å². The lowest BCUT2D eigenvalue weighted by molar-refractivity contribution is -0.387. The minimum Gasteiger partial charge on any atom is -0.465 e. The van der Waals surface area contributed by atoms with E-state index in [0.717, 1.165) is 41.5 Å². The third-order valence-electron chi connectivity index (χ3n) is 12.3. The first kappa shape index (κ1) is 46.5. The van der Waals surface area contributed by atoms with Crippen LogP contribution in [0.4, 0.5) is 0 Å². The molecule has 20 nitrogen and oxygen atoms in total. The molecule has 4 aliphatic rings. The van der Waals surface area contributed by atoms with Gasteiger partial charge >= 0.3 is 47.8 Å². The topological polar surface area (TPSA) is 273 Å². The Hall–Kier alpha value is -5.99. The molecule has 4 bridgehead atoms. The fraction of sp³-hybridized carbons (Fsp3) is 0.558. The van der Waals surface area contributed by atoms with Crippen LogP contribution in [-0.4, -0.2) is 135 Å². The zero-order valence-electron chi connectivity index (χ0n) is 35.8. The van der Waals surface area contributed by atoms with Crippen LogP contribution in [0.3, 0.4) is 0 Å². The average Bonchev–Trinajstić information content (AvgIpc) is 3.40. The lowest BCUT2D eigenvalue weighted by Gasteiger charge is -2.67. The highest BCUT2D eigenvalue weighted by Crippen LogP contribution is 2.69. The van der Waals surface area contributed by atoms with Crippen LogP contribution in [0.2, 0.25) is 0 Å². The molecular weight excluding hydrogens is 834 g/mol. The third-order valence-corrected chi connectivity index (χ3v) is 12.3. The van der Waals surface area contributed by atoms with Crippen molar-refractivity contribution in [3.05, 3.63) is 65.5 Å². The summed E-state index contributed by atoms with van der Waals surface area (Å²) in [6, 6.07) is 10.4. The molecule has 12 atom stereocenters. The van der Waals surface area contributed by atoms with Crippen molar-refractivity contribution < 1.29 is 91.2 Å². The average molecular weight is 884 g/mol. The minimum absolute atomic E-state index is 0.0184. The Labute approximate surface area is 360 Å². The number of esters is 8. The molecule has 63 heavy (non-hydrogen) atoms. The summed E-state index contributed by atoms with van der Waals surface area (Å²) in [6.45, 7) is 6.42. The van der Waals surface area contributed by atoms with E-state index < -0.39 is 138 Å². The van der Waals surface area contributed by atoms with Crippen LogP contribution in [0.5, 0.6) is 0 Å². The van der Waals surface area contributed by atoms with Gasteiger partial charge in [0, 0.05) is 47.2 Å². The van der Waals surface area contributed by atoms with Crippen molar-refractivity contribution in [2.75, 3.05) is 13.2 Å². The lowest BCUT2D eigenvalue weighted by Crippen LogP contribution is -2.89. The molecule has 340 valence electrons. The highest BCUT2D eigenvalue weighted by molar-refractivity contribution is 5.93. The van der Waals surface area contributed by atoms with Gasteiger partial charge in [-0.05, 0) is 51.5 Å². The van der Waals surface area contributed by atoms with Gasteiger partial charge < -0.3 is 52.8 Å². The molecule has 0 radical (unpaired) electrons. The van der Waals surface area contributed by atoms with Gasteiger partial charge in [0.25, 0.3) is 0 Å². The Balaban J connectivity index is 1.71. The fourth-order valence-corrected chi connectivity index (χ4v) is 9.79. The van der Waals surface area contributed by atoms with Crippen molar-refractivity contribution in [1.29, 1.82) is 0 Å². The number of hydrogen-bond acceptors (Lipinski definition) is 20. The molecule has 1 spiro atoms. The quantitative estimate of drug-likeness (QED) is 0.279. The van der Waals surface area contributed by atoms with Gasteiger partial charge in [-0.3, -0.25) is 29.0 Å². The Morgan fingerprint density at radius 2 is 1.38 bits per heavy atom. The van der Waals surface area contributed by atoms with E-state index in [2.05, 4.69) is 4.98 Å². The molecule has 1 aromatic heterocycles. The molecule has 20 heteroatoms. The summed E-state index contributed by atoms with van der Waals surface area (Å²) >= 11 is 0. The number of pyridine rings is 1. The van der Waals surface area contributed by atoms with E-state index in [1.54, 1.807) is 18.2 Å².